The predicted molar refractivity (Wildman–Crippen MR) is 225 cm³/mol. The van der Waals surface area contributed by atoms with E-state index in [2.05, 4.69) is 66.8 Å². The van der Waals surface area contributed by atoms with Crippen LogP contribution in [0.5, 0.6) is 0 Å². The number of amides is 3. The predicted octanol–water partition coefficient (Wildman–Crippen LogP) is 7.51. The highest BCUT2D eigenvalue weighted by Crippen LogP contribution is 2.36. The standard InChI is InChI=1S/C46H48N8O6/c1-58-46(57)50-42(34-13-7-4-8-14-34)45(56)53-25-9-15-39(53)38-28-36(51-52-38)32-22-19-30(20-23-32)17-18-31-21-24-35-37(27-31)49-43(48-35)40-16-10-26-54(40)44(55)41(47-29-60-59-2)33-11-5-3-6-12-33/h3-8,11-14,19-24,27-29,39-42H,9-10,15-18,25-26H2,1-2H3,(H,48,49)(H,50,57)(H,51,52)/t39-,40-,41+,42+/m0/s1. The van der Waals surface area contributed by atoms with Gasteiger partial charge < -0.3 is 29.7 Å². The number of aromatic nitrogens is 4. The second-order valence-electron chi connectivity index (χ2n) is 15.1. The molecular weight excluding hydrogens is 761 g/mol. The molecule has 2 fully saturated rings. The first kappa shape index (κ1) is 40.0. The molecule has 0 saturated carbocycles. The zero-order valence-electron chi connectivity index (χ0n) is 33.6. The average Bonchev–Trinajstić information content (AvgIpc) is 4.13. The van der Waals surface area contributed by atoms with Crippen molar-refractivity contribution in [2.45, 2.75) is 62.7 Å². The van der Waals surface area contributed by atoms with Gasteiger partial charge in [-0.15, -0.1) is 0 Å². The number of hydrogen-bond donors (Lipinski definition) is 3. The summed E-state index contributed by atoms with van der Waals surface area (Å²) in [6, 6.07) is 33.4. The number of ether oxygens (including phenoxy) is 1. The minimum atomic E-state index is -0.865. The Labute approximate surface area is 347 Å². The Morgan fingerprint density at radius 3 is 2.20 bits per heavy atom. The fourth-order valence-electron chi connectivity index (χ4n) is 8.33. The Balaban J connectivity index is 0.904. The summed E-state index contributed by atoms with van der Waals surface area (Å²) in [5.74, 6) is 0.464. The number of aromatic amines is 2. The van der Waals surface area contributed by atoms with Gasteiger partial charge in [0.25, 0.3) is 5.91 Å². The summed E-state index contributed by atoms with van der Waals surface area (Å²) in [5.41, 5.74) is 8.28. The Hall–Kier alpha value is -6.80. The van der Waals surface area contributed by atoms with Crippen molar-refractivity contribution in [3.8, 4) is 11.3 Å². The Morgan fingerprint density at radius 2 is 1.48 bits per heavy atom. The number of aliphatic imine (C=N–C) groups is 1. The number of carbonyl (C=O) groups is 3. The second kappa shape index (κ2) is 18.4. The van der Waals surface area contributed by atoms with Crippen molar-refractivity contribution >= 4 is 35.3 Å². The van der Waals surface area contributed by atoms with Gasteiger partial charge in [-0.25, -0.2) is 14.8 Å². The number of carbonyl (C=O) groups excluding carboxylic acids is 3. The van der Waals surface area contributed by atoms with Crippen LogP contribution in [0.15, 0.2) is 114 Å². The highest BCUT2D eigenvalue weighted by Gasteiger charge is 2.38. The van der Waals surface area contributed by atoms with Gasteiger partial charge in [-0.3, -0.25) is 14.7 Å². The number of fused-ring (bicyclic) bond motifs is 1. The van der Waals surface area contributed by atoms with Gasteiger partial charge in [-0.2, -0.15) is 9.99 Å². The molecule has 0 aliphatic carbocycles. The van der Waals surface area contributed by atoms with Gasteiger partial charge in [0.05, 0.1) is 48.7 Å². The van der Waals surface area contributed by atoms with Crippen molar-refractivity contribution in [3.63, 3.8) is 0 Å². The number of imidazole rings is 1. The van der Waals surface area contributed by atoms with E-state index in [0.29, 0.717) is 18.7 Å². The van der Waals surface area contributed by atoms with Gasteiger partial charge in [0.1, 0.15) is 11.9 Å². The van der Waals surface area contributed by atoms with Crippen LogP contribution in [0.2, 0.25) is 0 Å². The largest absolute Gasteiger partial charge is 0.453 e. The molecule has 308 valence electrons. The first-order chi connectivity index (χ1) is 29.4. The SMILES string of the molecule is COOC=N[C@@H](C(=O)N1CCC[C@H]1c1nc2ccc(CCc3ccc(-c4cc([C@@H]5CCCN5C(=O)[C@H](NC(=O)OC)c5ccccc5)[nH]n4)cc3)cc2[nH]1)c1ccccc1. The van der Waals surface area contributed by atoms with Crippen LogP contribution in [-0.2, 0) is 36.9 Å². The Kier molecular flexibility index (Phi) is 12.3. The number of nitrogens with one attached hydrogen (secondary N) is 3. The topological polar surface area (TPSA) is 167 Å². The van der Waals surface area contributed by atoms with Crippen LogP contribution in [0, 0.1) is 0 Å². The van der Waals surface area contributed by atoms with Gasteiger partial charge in [-0.05, 0) is 79.0 Å². The number of aryl methyl sites for hydroxylation is 2. The maximum Gasteiger partial charge on any atom is 0.407 e. The van der Waals surface area contributed by atoms with Gasteiger partial charge in [0.2, 0.25) is 12.3 Å². The van der Waals surface area contributed by atoms with Crippen LogP contribution < -0.4 is 5.32 Å². The monoisotopic (exact) mass is 808 g/mol. The molecule has 4 heterocycles. The van der Waals surface area contributed by atoms with Gasteiger partial charge >= 0.3 is 6.09 Å². The van der Waals surface area contributed by atoms with Crippen molar-refractivity contribution in [2.75, 3.05) is 27.3 Å². The maximum absolute atomic E-state index is 13.9. The molecule has 0 bridgehead atoms. The maximum atomic E-state index is 13.9. The van der Waals surface area contributed by atoms with Crippen LogP contribution in [0.25, 0.3) is 22.3 Å². The average molecular weight is 809 g/mol. The van der Waals surface area contributed by atoms with Crippen LogP contribution >= 0.6 is 0 Å². The third-order valence-electron chi connectivity index (χ3n) is 11.4. The summed E-state index contributed by atoms with van der Waals surface area (Å²) < 4.78 is 4.83. The van der Waals surface area contributed by atoms with Crippen molar-refractivity contribution in [1.29, 1.82) is 0 Å². The molecule has 2 saturated heterocycles. The van der Waals surface area contributed by atoms with Crippen LogP contribution in [0.4, 0.5) is 4.79 Å². The lowest BCUT2D eigenvalue weighted by Crippen LogP contribution is -2.42. The van der Waals surface area contributed by atoms with E-state index in [1.54, 1.807) is 0 Å². The van der Waals surface area contributed by atoms with E-state index in [9.17, 15) is 14.4 Å². The Morgan fingerprint density at radius 1 is 0.817 bits per heavy atom. The van der Waals surface area contributed by atoms with E-state index >= 15 is 0 Å². The minimum Gasteiger partial charge on any atom is -0.453 e. The summed E-state index contributed by atoms with van der Waals surface area (Å²) in [7, 11) is 2.68. The molecule has 14 nitrogen and oxygen atoms in total. The smallest absolute Gasteiger partial charge is 0.407 e. The van der Waals surface area contributed by atoms with Crippen molar-refractivity contribution in [3.05, 3.63) is 143 Å². The molecule has 2 aromatic heterocycles. The fraction of sp³-hybridized carbons (Fsp3) is 0.304. The van der Waals surface area contributed by atoms with E-state index in [1.165, 1.54) is 31.7 Å². The summed E-state index contributed by atoms with van der Waals surface area (Å²) in [6.45, 7) is 1.19. The molecule has 0 unspecified atom stereocenters. The highest BCUT2D eigenvalue weighted by molar-refractivity contribution is 5.88. The summed E-state index contributed by atoms with van der Waals surface area (Å²) >= 11 is 0. The highest BCUT2D eigenvalue weighted by atomic mass is 17.2. The number of H-pyrrole nitrogens is 2. The number of hydrogen-bond acceptors (Lipinski definition) is 9. The quantitative estimate of drug-likeness (QED) is 0.0440. The van der Waals surface area contributed by atoms with Crippen LogP contribution in [0.3, 0.4) is 0 Å². The zero-order chi connectivity index (χ0) is 41.4. The summed E-state index contributed by atoms with van der Waals surface area (Å²) in [6.07, 6.45) is 5.48. The molecule has 0 spiro atoms. The lowest BCUT2D eigenvalue weighted by atomic mass is 10.0. The lowest BCUT2D eigenvalue weighted by molar-refractivity contribution is -0.188. The molecule has 0 radical (unpaired) electrons. The number of likely N-dealkylation sites (tertiary alicyclic amines) is 2. The van der Waals surface area contributed by atoms with E-state index in [0.717, 1.165) is 77.9 Å². The van der Waals surface area contributed by atoms with E-state index in [-0.39, 0.29) is 23.9 Å². The third-order valence-corrected chi connectivity index (χ3v) is 11.4. The molecule has 8 rings (SSSR count). The van der Waals surface area contributed by atoms with Crippen molar-refractivity contribution in [2.24, 2.45) is 4.99 Å². The molecule has 4 aromatic carbocycles. The molecule has 60 heavy (non-hydrogen) atoms. The minimum absolute atomic E-state index is 0.115. The first-order valence-corrected chi connectivity index (χ1v) is 20.3. The number of nitrogens with zero attached hydrogens (tertiary/aromatic N) is 5. The molecule has 3 N–H and O–H groups in total. The normalized spacial score (nSPS) is 17.6. The number of benzene rings is 4. The van der Waals surface area contributed by atoms with Gasteiger partial charge in [0, 0.05) is 18.7 Å². The van der Waals surface area contributed by atoms with Gasteiger partial charge in [-0.1, -0.05) is 91.0 Å². The van der Waals surface area contributed by atoms with Gasteiger partial charge in [0.15, 0.2) is 6.04 Å². The lowest BCUT2D eigenvalue weighted by Gasteiger charge is -2.28. The molecular formula is C46H48N8O6. The zero-order valence-corrected chi connectivity index (χ0v) is 33.6. The third kappa shape index (κ3) is 8.78. The second-order valence-corrected chi connectivity index (χ2v) is 15.1. The van der Waals surface area contributed by atoms with Crippen LogP contribution in [0.1, 0.15) is 83.6 Å². The van der Waals surface area contributed by atoms with E-state index < -0.39 is 18.2 Å². The van der Waals surface area contributed by atoms with Crippen molar-refractivity contribution < 1.29 is 28.9 Å². The van der Waals surface area contributed by atoms with Crippen molar-refractivity contribution in [1.82, 2.24) is 35.3 Å². The number of rotatable bonds is 14. The molecule has 3 amide bonds. The first-order valence-electron chi connectivity index (χ1n) is 20.3. The Bertz CT molecular complexity index is 2430. The summed E-state index contributed by atoms with van der Waals surface area (Å²) in [4.78, 5) is 66.1. The molecule has 2 aliphatic rings. The number of alkyl carbamates (subject to hydrolysis) is 1. The number of methoxy groups -OCH3 is 1. The fourth-order valence-corrected chi connectivity index (χ4v) is 8.33. The van der Waals surface area contributed by atoms with E-state index in [4.69, 9.17) is 14.6 Å². The molecule has 6 aromatic rings. The molecule has 2 aliphatic heterocycles. The molecule has 4 atom stereocenters. The summed E-state index contributed by atoms with van der Waals surface area (Å²) in [5, 5.41) is 10.5. The van der Waals surface area contributed by atoms with E-state index in [1.807, 2.05) is 82.6 Å². The molecule has 14 heteroatoms. The van der Waals surface area contributed by atoms with Crippen LogP contribution in [-0.4, -0.2) is 81.6 Å².